The van der Waals surface area contributed by atoms with Gasteiger partial charge < -0.3 is 5.73 Å². The van der Waals surface area contributed by atoms with E-state index in [0.29, 0.717) is 6.54 Å². The van der Waals surface area contributed by atoms with Crippen LogP contribution in [0.5, 0.6) is 0 Å². The number of rotatable bonds is 4. The highest BCUT2D eigenvalue weighted by molar-refractivity contribution is 7.98. The number of hydrogen-bond donors (Lipinski definition) is 1. The van der Waals surface area contributed by atoms with Crippen molar-refractivity contribution >= 4 is 17.5 Å². The second-order valence-corrected chi connectivity index (χ2v) is 5.67. The van der Waals surface area contributed by atoms with Gasteiger partial charge in [0, 0.05) is 23.0 Å². The summed E-state index contributed by atoms with van der Waals surface area (Å²) in [6.07, 6.45) is 4.21. The number of likely N-dealkylation sites (tertiary alicyclic amines) is 1. The fourth-order valence-corrected chi connectivity index (χ4v) is 2.71. The maximum Gasteiger partial charge on any atom is 0.176 e. The average Bonchev–Trinajstić information content (AvgIpc) is 2.39. The minimum absolute atomic E-state index is 0.191. The molecule has 1 atom stereocenters. The van der Waals surface area contributed by atoms with Gasteiger partial charge in [0.2, 0.25) is 0 Å². The Balaban J connectivity index is 1.94. The standard InChI is InChI=1S/C14H20N2OS/c1-18-13-6-4-11(5-7-13)14(17)10-16-8-2-3-12(15)9-16/h4-7,12H,2-3,8-10,15H2,1H3. The molecule has 0 bridgehead atoms. The second kappa shape index (κ2) is 6.36. The number of carbonyl (C=O) groups is 1. The highest BCUT2D eigenvalue weighted by Gasteiger charge is 2.19. The van der Waals surface area contributed by atoms with Gasteiger partial charge in [0.05, 0.1) is 6.54 Å². The number of piperidine rings is 1. The quantitative estimate of drug-likeness (QED) is 0.667. The molecule has 98 valence electrons. The van der Waals surface area contributed by atoms with Gasteiger partial charge in [-0.2, -0.15) is 0 Å². The molecule has 1 fully saturated rings. The van der Waals surface area contributed by atoms with Crippen molar-refractivity contribution in [1.82, 2.24) is 4.90 Å². The lowest BCUT2D eigenvalue weighted by Gasteiger charge is -2.29. The molecule has 1 aromatic rings. The van der Waals surface area contributed by atoms with Crippen LogP contribution in [0.4, 0.5) is 0 Å². The van der Waals surface area contributed by atoms with Crippen molar-refractivity contribution in [3.05, 3.63) is 29.8 Å². The molecule has 0 aliphatic carbocycles. The monoisotopic (exact) mass is 264 g/mol. The molecular weight excluding hydrogens is 244 g/mol. The van der Waals surface area contributed by atoms with Crippen LogP contribution in [0.1, 0.15) is 23.2 Å². The predicted molar refractivity (Wildman–Crippen MR) is 76.2 cm³/mol. The van der Waals surface area contributed by atoms with Crippen LogP contribution in [0, 0.1) is 0 Å². The van der Waals surface area contributed by atoms with E-state index in [2.05, 4.69) is 4.90 Å². The Morgan fingerprint density at radius 3 is 2.78 bits per heavy atom. The van der Waals surface area contributed by atoms with E-state index in [4.69, 9.17) is 5.73 Å². The van der Waals surface area contributed by atoms with Crippen LogP contribution in [0.25, 0.3) is 0 Å². The molecule has 0 spiro atoms. The highest BCUT2D eigenvalue weighted by atomic mass is 32.2. The smallest absolute Gasteiger partial charge is 0.176 e. The van der Waals surface area contributed by atoms with Crippen LogP contribution in [-0.2, 0) is 0 Å². The molecule has 1 saturated heterocycles. The minimum atomic E-state index is 0.191. The zero-order chi connectivity index (χ0) is 13.0. The lowest BCUT2D eigenvalue weighted by molar-refractivity contribution is 0.0908. The fourth-order valence-electron chi connectivity index (χ4n) is 2.31. The first-order valence-corrected chi connectivity index (χ1v) is 7.56. The van der Waals surface area contributed by atoms with E-state index >= 15 is 0 Å². The van der Waals surface area contributed by atoms with E-state index < -0.39 is 0 Å². The number of nitrogens with zero attached hydrogens (tertiary/aromatic N) is 1. The van der Waals surface area contributed by atoms with Crippen molar-refractivity contribution in [2.24, 2.45) is 5.73 Å². The maximum absolute atomic E-state index is 12.1. The van der Waals surface area contributed by atoms with Crippen molar-refractivity contribution in [2.45, 2.75) is 23.8 Å². The molecule has 18 heavy (non-hydrogen) atoms. The van der Waals surface area contributed by atoms with Gasteiger partial charge in [-0.25, -0.2) is 0 Å². The lowest BCUT2D eigenvalue weighted by atomic mass is 10.1. The zero-order valence-electron chi connectivity index (χ0n) is 10.8. The average molecular weight is 264 g/mol. The van der Waals surface area contributed by atoms with Gasteiger partial charge in [-0.05, 0) is 37.8 Å². The third-order valence-corrected chi connectivity index (χ3v) is 4.06. The van der Waals surface area contributed by atoms with Gasteiger partial charge in [-0.1, -0.05) is 12.1 Å². The van der Waals surface area contributed by atoms with Crippen molar-refractivity contribution < 1.29 is 4.79 Å². The predicted octanol–water partition coefficient (Wildman–Crippen LogP) is 2.01. The van der Waals surface area contributed by atoms with Gasteiger partial charge in [-0.3, -0.25) is 9.69 Å². The summed E-state index contributed by atoms with van der Waals surface area (Å²) < 4.78 is 0. The van der Waals surface area contributed by atoms with Crippen LogP contribution >= 0.6 is 11.8 Å². The number of hydrogen-bond acceptors (Lipinski definition) is 4. The maximum atomic E-state index is 12.1. The second-order valence-electron chi connectivity index (χ2n) is 4.79. The number of ketones is 1. The first-order valence-electron chi connectivity index (χ1n) is 6.34. The molecule has 2 rings (SSSR count). The van der Waals surface area contributed by atoms with E-state index in [9.17, 15) is 4.79 Å². The summed E-state index contributed by atoms with van der Waals surface area (Å²) in [5.74, 6) is 0.191. The van der Waals surface area contributed by atoms with E-state index in [1.54, 1.807) is 11.8 Å². The molecule has 0 radical (unpaired) electrons. The number of benzene rings is 1. The first-order chi connectivity index (χ1) is 8.69. The molecule has 2 N–H and O–H groups in total. The van der Waals surface area contributed by atoms with Crippen molar-refractivity contribution in [2.75, 3.05) is 25.9 Å². The van der Waals surface area contributed by atoms with Gasteiger partial charge in [0.15, 0.2) is 5.78 Å². The van der Waals surface area contributed by atoms with Gasteiger partial charge in [-0.15, -0.1) is 11.8 Å². The minimum Gasteiger partial charge on any atom is -0.327 e. The summed E-state index contributed by atoms with van der Waals surface area (Å²) in [6.45, 7) is 2.32. The van der Waals surface area contributed by atoms with E-state index in [-0.39, 0.29) is 11.8 Å². The van der Waals surface area contributed by atoms with Crippen LogP contribution in [0.15, 0.2) is 29.2 Å². The third-order valence-electron chi connectivity index (χ3n) is 3.32. The fraction of sp³-hybridized carbons (Fsp3) is 0.500. The molecule has 1 aromatic carbocycles. The molecule has 1 unspecified atom stereocenters. The Kier molecular flexibility index (Phi) is 4.80. The molecule has 0 aromatic heterocycles. The molecule has 1 aliphatic rings. The molecule has 1 aliphatic heterocycles. The highest BCUT2D eigenvalue weighted by Crippen LogP contribution is 2.16. The van der Waals surface area contributed by atoms with Crippen LogP contribution in [0.3, 0.4) is 0 Å². The molecule has 4 heteroatoms. The van der Waals surface area contributed by atoms with Crippen LogP contribution in [0.2, 0.25) is 0 Å². The largest absolute Gasteiger partial charge is 0.327 e. The summed E-state index contributed by atoms with van der Waals surface area (Å²) in [5.41, 5.74) is 6.72. The lowest BCUT2D eigenvalue weighted by Crippen LogP contribution is -2.44. The summed E-state index contributed by atoms with van der Waals surface area (Å²) in [4.78, 5) is 15.5. The Bertz CT molecular complexity index is 405. The van der Waals surface area contributed by atoms with E-state index in [1.165, 1.54) is 4.90 Å². The Hall–Kier alpha value is -0.840. The topological polar surface area (TPSA) is 46.3 Å². The number of carbonyl (C=O) groups excluding carboxylic acids is 1. The summed E-state index contributed by atoms with van der Waals surface area (Å²) in [7, 11) is 0. The Labute approximate surface area is 113 Å². The summed E-state index contributed by atoms with van der Waals surface area (Å²) in [5, 5.41) is 0. The van der Waals surface area contributed by atoms with E-state index in [1.807, 2.05) is 30.5 Å². The van der Waals surface area contributed by atoms with Crippen molar-refractivity contribution in [1.29, 1.82) is 0 Å². The molecule has 3 nitrogen and oxygen atoms in total. The molecule has 0 amide bonds. The molecule has 0 saturated carbocycles. The summed E-state index contributed by atoms with van der Waals surface area (Å²) in [6, 6.07) is 8.06. The summed E-state index contributed by atoms with van der Waals surface area (Å²) >= 11 is 1.69. The van der Waals surface area contributed by atoms with E-state index in [0.717, 1.165) is 31.5 Å². The van der Waals surface area contributed by atoms with Gasteiger partial charge in [0.1, 0.15) is 0 Å². The zero-order valence-corrected chi connectivity index (χ0v) is 11.6. The Morgan fingerprint density at radius 2 is 2.17 bits per heavy atom. The molecular formula is C14H20N2OS. The number of thioether (sulfide) groups is 1. The van der Waals surface area contributed by atoms with Crippen molar-refractivity contribution in [3.63, 3.8) is 0 Å². The third kappa shape index (κ3) is 3.57. The first kappa shape index (κ1) is 13.6. The Morgan fingerprint density at radius 1 is 1.44 bits per heavy atom. The number of Topliss-reactive ketones (excluding diaryl/α,β-unsaturated/α-hetero) is 1. The SMILES string of the molecule is CSc1ccc(C(=O)CN2CCCC(N)C2)cc1. The van der Waals surface area contributed by atoms with Crippen LogP contribution in [-0.4, -0.2) is 42.6 Å². The van der Waals surface area contributed by atoms with Gasteiger partial charge >= 0.3 is 0 Å². The van der Waals surface area contributed by atoms with Gasteiger partial charge in [0.25, 0.3) is 0 Å². The normalized spacial score (nSPS) is 20.9. The van der Waals surface area contributed by atoms with Crippen LogP contribution < -0.4 is 5.73 Å². The number of nitrogens with two attached hydrogens (primary N) is 1. The molecule has 1 heterocycles. The van der Waals surface area contributed by atoms with Crippen molar-refractivity contribution in [3.8, 4) is 0 Å².